The molecular formula is C23H18ClN5OS. The fraction of sp³-hybridized carbons (Fsp3) is 0.0870. The highest BCUT2D eigenvalue weighted by molar-refractivity contribution is 8.00. The van der Waals surface area contributed by atoms with Crippen LogP contribution in [0.5, 0.6) is 0 Å². The number of H-pyrrole nitrogens is 1. The summed E-state index contributed by atoms with van der Waals surface area (Å²) >= 11 is 7.60. The summed E-state index contributed by atoms with van der Waals surface area (Å²) < 4.78 is 1.94. The van der Waals surface area contributed by atoms with Gasteiger partial charge in [-0.3, -0.25) is 9.20 Å². The number of hydrogen-bond acceptors (Lipinski definition) is 4. The molecule has 1 amide bonds. The van der Waals surface area contributed by atoms with Crippen molar-refractivity contribution in [1.82, 2.24) is 19.6 Å². The van der Waals surface area contributed by atoms with Gasteiger partial charge >= 0.3 is 0 Å². The molecule has 1 atom stereocenters. The first-order valence-electron chi connectivity index (χ1n) is 9.70. The van der Waals surface area contributed by atoms with Gasteiger partial charge in [0.25, 0.3) is 0 Å². The van der Waals surface area contributed by atoms with E-state index in [-0.39, 0.29) is 5.91 Å². The molecule has 2 N–H and O–H groups in total. The minimum atomic E-state index is -0.519. The number of aryl methyl sites for hydroxylation is 1. The second kappa shape index (κ2) is 8.09. The van der Waals surface area contributed by atoms with E-state index in [0.29, 0.717) is 21.6 Å². The van der Waals surface area contributed by atoms with Gasteiger partial charge in [0.1, 0.15) is 5.25 Å². The van der Waals surface area contributed by atoms with Gasteiger partial charge in [-0.25, -0.2) is 10.1 Å². The molecule has 154 valence electrons. The van der Waals surface area contributed by atoms with E-state index in [2.05, 4.69) is 20.5 Å². The Kier molecular flexibility index (Phi) is 5.13. The van der Waals surface area contributed by atoms with Crippen molar-refractivity contribution >= 4 is 51.8 Å². The van der Waals surface area contributed by atoms with Crippen LogP contribution in [0, 0.1) is 6.92 Å². The zero-order valence-electron chi connectivity index (χ0n) is 16.5. The largest absolute Gasteiger partial charge is 0.325 e. The molecule has 0 aliphatic heterocycles. The lowest BCUT2D eigenvalue weighted by atomic mass is 10.1. The molecule has 2 heterocycles. The van der Waals surface area contributed by atoms with Gasteiger partial charge in [-0.2, -0.15) is 0 Å². The van der Waals surface area contributed by atoms with Gasteiger partial charge in [-0.15, -0.1) is 5.10 Å². The molecule has 0 fully saturated rings. The second-order valence-corrected chi connectivity index (χ2v) is 8.61. The number of benzene rings is 3. The number of thioether (sulfide) groups is 1. The lowest BCUT2D eigenvalue weighted by molar-refractivity contribution is -0.115. The summed E-state index contributed by atoms with van der Waals surface area (Å²) in [4.78, 5) is 17.9. The summed E-state index contributed by atoms with van der Waals surface area (Å²) in [6.45, 7) is 1.93. The van der Waals surface area contributed by atoms with Crippen molar-refractivity contribution in [2.45, 2.75) is 17.3 Å². The van der Waals surface area contributed by atoms with E-state index in [1.807, 2.05) is 78.1 Å². The van der Waals surface area contributed by atoms with Gasteiger partial charge in [0, 0.05) is 10.7 Å². The Morgan fingerprint density at radius 3 is 2.68 bits per heavy atom. The van der Waals surface area contributed by atoms with Crippen molar-refractivity contribution in [3.63, 3.8) is 0 Å². The number of aromatic amines is 1. The monoisotopic (exact) mass is 447 g/mol. The van der Waals surface area contributed by atoms with Crippen LogP contribution < -0.4 is 5.32 Å². The Morgan fingerprint density at radius 2 is 1.87 bits per heavy atom. The van der Waals surface area contributed by atoms with E-state index in [4.69, 9.17) is 11.6 Å². The molecule has 5 aromatic rings. The standard InChI is InChI=1S/C23H18ClN5OS/c1-14-11-12-16(13-17(14)24)25-21(30)20(15-7-3-2-4-8-15)31-23-28-27-22-26-18-9-5-6-10-19(18)29(22)23/h2-13,20H,1H3,(H,25,30)(H,26,27). The predicted molar refractivity (Wildman–Crippen MR) is 125 cm³/mol. The highest BCUT2D eigenvalue weighted by Crippen LogP contribution is 2.36. The van der Waals surface area contributed by atoms with Crippen molar-refractivity contribution < 1.29 is 4.79 Å². The molecule has 0 aliphatic rings. The second-order valence-electron chi connectivity index (χ2n) is 7.13. The molecule has 8 heteroatoms. The molecule has 0 spiro atoms. The van der Waals surface area contributed by atoms with Crippen LogP contribution in [0.4, 0.5) is 5.69 Å². The number of nitrogens with zero attached hydrogens (tertiary/aromatic N) is 3. The zero-order valence-corrected chi connectivity index (χ0v) is 18.1. The fourth-order valence-electron chi connectivity index (χ4n) is 3.41. The van der Waals surface area contributed by atoms with Crippen LogP contribution in [0.2, 0.25) is 5.02 Å². The zero-order chi connectivity index (χ0) is 21.4. The number of nitrogens with one attached hydrogen (secondary N) is 2. The third-order valence-electron chi connectivity index (χ3n) is 5.01. The molecule has 31 heavy (non-hydrogen) atoms. The van der Waals surface area contributed by atoms with E-state index in [1.165, 1.54) is 11.8 Å². The van der Waals surface area contributed by atoms with Crippen molar-refractivity contribution in [3.8, 4) is 0 Å². The SMILES string of the molecule is Cc1ccc(NC(=O)C(Sc2n[nH]c3nc4ccccc4n23)c2ccccc2)cc1Cl. The quantitative estimate of drug-likeness (QED) is 0.341. The smallest absolute Gasteiger partial charge is 0.242 e. The van der Waals surface area contributed by atoms with Crippen molar-refractivity contribution in [1.29, 1.82) is 0 Å². The number of aromatic nitrogens is 4. The highest BCUT2D eigenvalue weighted by atomic mass is 35.5. The Balaban J connectivity index is 1.52. The summed E-state index contributed by atoms with van der Waals surface area (Å²) in [7, 11) is 0. The molecule has 2 aromatic heterocycles. The molecule has 1 unspecified atom stereocenters. The average molecular weight is 448 g/mol. The number of imidazole rings is 1. The van der Waals surface area contributed by atoms with Crippen molar-refractivity contribution in [3.05, 3.63) is 88.9 Å². The van der Waals surface area contributed by atoms with Crippen LogP contribution in [-0.2, 0) is 4.79 Å². The normalized spacial score (nSPS) is 12.3. The van der Waals surface area contributed by atoms with Crippen LogP contribution in [-0.4, -0.2) is 25.5 Å². The van der Waals surface area contributed by atoms with Crippen LogP contribution in [0.25, 0.3) is 16.8 Å². The number of para-hydroxylation sites is 2. The van der Waals surface area contributed by atoms with Gasteiger partial charge < -0.3 is 5.32 Å². The minimum Gasteiger partial charge on any atom is -0.325 e. The lowest BCUT2D eigenvalue weighted by Gasteiger charge is -2.16. The van der Waals surface area contributed by atoms with Gasteiger partial charge in [0.05, 0.1) is 11.0 Å². The third kappa shape index (κ3) is 3.78. The van der Waals surface area contributed by atoms with Crippen LogP contribution in [0.15, 0.2) is 78.0 Å². The summed E-state index contributed by atoms with van der Waals surface area (Å²) in [6.07, 6.45) is 0. The highest BCUT2D eigenvalue weighted by Gasteiger charge is 2.25. The van der Waals surface area contributed by atoms with Gasteiger partial charge in [-0.05, 0) is 42.3 Å². The average Bonchev–Trinajstić information content (AvgIpc) is 3.34. The Labute approximate surface area is 187 Å². The molecule has 0 radical (unpaired) electrons. The summed E-state index contributed by atoms with van der Waals surface area (Å²) in [5, 5.41) is 11.1. The van der Waals surface area contributed by atoms with Gasteiger partial charge in [-0.1, -0.05) is 71.9 Å². The maximum Gasteiger partial charge on any atom is 0.242 e. The Morgan fingerprint density at radius 1 is 1.10 bits per heavy atom. The van der Waals surface area contributed by atoms with E-state index in [9.17, 15) is 4.79 Å². The van der Waals surface area contributed by atoms with Crippen LogP contribution >= 0.6 is 23.4 Å². The third-order valence-corrected chi connectivity index (χ3v) is 6.62. The Hall–Kier alpha value is -3.29. The molecule has 0 bridgehead atoms. The number of amides is 1. The predicted octanol–water partition coefficient (Wildman–Crippen LogP) is 5.64. The van der Waals surface area contributed by atoms with Crippen molar-refractivity contribution in [2.75, 3.05) is 5.32 Å². The maximum atomic E-state index is 13.3. The number of anilines is 1. The van der Waals surface area contributed by atoms with E-state index < -0.39 is 5.25 Å². The van der Waals surface area contributed by atoms with E-state index in [1.54, 1.807) is 6.07 Å². The molecule has 0 saturated heterocycles. The number of fused-ring (bicyclic) bond motifs is 3. The number of carbonyl (C=O) groups excluding carboxylic acids is 1. The minimum absolute atomic E-state index is 0.156. The van der Waals surface area contributed by atoms with Gasteiger partial charge in [0.2, 0.25) is 11.7 Å². The molecule has 0 saturated carbocycles. The number of hydrogen-bond donors (Lipinski definition) is 2. The summed E-state index contributed by atoms with van der Waals surface area (Å²) in [5.41, 5.74) is 4.30. The summed E-state index contributed by atoms with van der Waals surface area (Å²) in [6, 6.07) is 23.0. The topological polar surface area (TPSA) is 75.1 Å². The lowest BCUT2D eigenvalue weighted by Crippen LogP contribution is -2.19. The van der Waals surface area contributed by atoms with Crippen LogP contribution in [0.1, 0.15) is 16.4 Å². The van der Waals surface area contributed by atoms with Gasteiger partial charge in [0.15, 0.2) is 5.16 Å². The molecule has 5 rings (SSSR count). The number of carbonyl (C=O) groups is 1. The number of halogens is 1. The van der Waals surface area contributed by atoms with Crippen molar-refractivity contribution in [2.24, 2.45) is 0 Å². The van der Waals surface area contributed by atoms with Crippen LogP contribution in [0.3, 0.4) is 0 Å². The number of rotatable bonds is 5. The molecule has 6 nitrogen and oxygen atoms in total. The Bertz CT molecular complexity index is 1400. The summed E-state index contributed by atoms with van der Waals surface area (Å²) in [5.74, 6) is 0.484. The molecule has 3 aromatic carbocycles. The first-order valence-corrected chi connectivity index (χ1v) is 11.0. The van der Waals surface area contributed by atoms with E-state index >= 15 is 0 Å². The first kappa shape index (κ1) is 19.7. The molecule has 0 aliphatic carbocycles. The fourth-order valence-corrected chi connectivity index (χ4v) is 4.65. The maximum absolute atomic E-state index is 13.3. The van der Waals surface area contributed by atoms with E-state index in [0.717, 1.165) is 22.2 Å². The first-order chi connectivity index (χ1) is 15.1. The molecular weight excluding hydrogens is 430 g/mol.